The van der Waals surface area contributed by atoms with E-state index in [1.165, 1.54) is 0 Å². The summed E-state index contributed by atoms with van der Waals surface area (Å²) in [4.78, 5) is 15.8. The molecule has 2 heterocycles. The van der Waals surface area contributed by atoms with Crippen molar-refractivity contribution in [2.45, 2.75) is 44.9 Å². The number of ether oxygens (including phenoxy) is 1. The second-order valence-electron chi connectivity index (χ2n) is 6.42. The van der Waals surface area contributed by atoms with E-state index in [9.17, 15) is 9.90 Å². The van der Waals surface area contributed by atoms with Crippen molar-refractivity contribution < 1.29 is 14.6 Å². The lowest BCUT2D eigenvalue weighted by atomic mass is 9.91. The first-order chi connectivity index (χ1) is 8.78. The molecule has 0 saturated carbocycles. The smallest absolute Gasteiger partial charge is 0.410 e. The van der Waals surface area contributed by atoms with Crippen molar-refractivity contribution in [1.82, 2.24) is 9.80 Å². The number of carbonyl (C=O) groups is 1. The van der Waals surface area contributed by atoms with Crippen molar-refractivity contribution in [2.75, 3.05) is 26.7 Å². The minimum Gasteiger partial charge on any atom is -0.444 e. The number of hydrogen-bond acceptors (Lipinski definition) is 4. The molecule has 0 aliphatic carbocycles. The summed E-state index contributed by atoms with van der Waals surface area (Å²) in [6, 6.07) is 0.0486. The molecule has 1 fully saturated rings. The molecule has 2 aliphatic heterocycles. The Morgan fingerprint density at radius 2 is 2.16 bits per heavy atom. The third kappa shape index (κ3) is 3.28. The van der Waals surface area contributed by atoms with Gasteiger partial charge in [-0.15, -0.1) is 0 Å². The van der Waals surface area contributed by atoms with Gasteiger partial charge in [-0.2, -0.15) is 0 Å². The number of fused-ring (bicyclic) bond motifs is 1. The fourth-order valence-electron chi connectivity index (χ4n) is 2.77. The minimum absolute atomic E-state index is 0.0486. The van der Waals surface area contributed by atoms with Crippen LogP contribution in [0.25, 0.3) is 0 Å². The van der Waals surface area contributed by atoms with Crippen molar-refractivity contribution in [1.29, 1.82) is 0 Å². The zero-order chi connectivity index (χ0) is 14.2. The number of likely N-dealkylation sites (N-methyl/N-ethyl adjacent to an activating group) is 1. The van der Waals surface area contributed by atoms with Crippen molar-refractivity contribution in [3.05, 3.63) is 11.6 Å². The molecular weight excluding hydrogens is 244 g/mol. The van der Waals surface area contributed by atoms with Gasteiger partial charge in [0.05, 0.1) is 18.7 Å². The second kappa shape index (κ2) is 5.13. The van der Waals surface area contributed by atoms with E-state index in [4.69, 9.17) is 4.74 Å². The Morgan fingerprint density at radius 3 is 2.79 bits per heavy atom. The molecule has 2 unspecified atom stereocenters. The van der Waals surface area contributed by atoms with Gasteiger partial charge >= 0.3 is 6.09 Å². The van der Waals surface area contributed by atoms with Gasteiger partial charge in [0.1, 0.15) is 5.60 Å². The number of likely N-dealkylation sites (tertiary alicyclic amines) is 1. The quantitative estimate of drug-likeness (QED) is 0.671. The number of aliphatic hydroxyl groups excluding tert-OH is 1. The molecule has 5 heteroatoms. The van der Waals surface area contributed by atoms with Crippen LogP contribution in [0.15, 0.2) is 11.6 Å². The normalized spacial score (nSPS) is 28.7. The fourth-order valence-corrected chi connectivity index (χ4v) is 2.77. The van der Waals surface area contributed by atoms with Gasteiger partial charge in [-0.05, 0) is 39.8 Å². The van der Waals surface area contributed by atoms with E-state index in [-0.39, 0.29) is 12.1 Å². The topological polar surface area (TPSA) is 53.0 Å². The number of piperidine rings is 1. The second-order valence-corrected chi connectivity index (χ2v) is 6.42. The summed E-state index contributed by atoms with van der Waals surface area (Å²) in [6.45, 7) is 7.39. The molecule has 0 aromatic carbocycles. The lowest BCUT2D eigenvalue weighted by molar-refractivity contribution is -0.00879. The van der Waals surface area contributed by atoms with E-state index in [1.54, 1.807) is 4.90 Å². The zero-order valence-electron chi connectivity index (χ0n) is 12.2. The number of aliphatic hydroxyl groups is 1. The summed E-state index contributed by atoms with van der Waals surface area (Å²) in [6.07, 6.45) is 2.22. The van der Waals surface area contributed by atoms with Gasteiger partial charge in [-0.3, -0.25) is 4.90 Å². The Morgan fingerprint density at radius 1 is 1.47 bits per heavy atom. The largest absolute Gasteiger partial charge is 0.444 e. The van der Waals surface area contributed by atoms with Crippen LogP contribution in [0.1, 0.15) is 27.2 Å². The number of β-amino-alcohol motifs (C(OH)–C–C–N with tert-alkyl or cyclic N) is 1. The van der Waals surface area contributed by atoms with Crippen LogP contribution in [0.3, 0.4) is 0 Å². The van der Waals surface area contributed by atoms with E-state index < -0.39 is 11.7 Å². The van der Waals surface area contributed by atoms with Gasteiger partial charge in [-0.25, -0.2) is 4.79 Å². The van der Waals surface area contributed by atoms with Gasteiger partial charge in [0.2, 0.25) is 0 Å². The molecule has 0 radical (unpaired) electrons. The Labute approximate surface area is 114 Å². The van der Waals surface area contributed by atoms with Crippen LogP contribution >= 0.6 is 0 Å². The van der Waals surface area contributed by atoms with E-state index in [0.717, 1.165) is 18.5 Å². The zero-order valence-corrected chi connectivity index (χ0v) is 12.2. The lowest BCUT2D eigenvalue weighted by Gasteiger charge is -2.44. The summed E-state index contributed by atoms with van der Waals surface area (Å²) < 4.78 is 5.37. The standard InChI is InChI=1S/C14H24N2O3/c1-14(2,3)19-13(18)16-8-10-6-5-7-15(4)12(10)11(17)9-16/h6,11-12,17H,5,7-9H2,1-4H3. The highest BCUT2D eigenvalue weighted by molar-refractivity contribution is 5.69. The molecule has 0 aromatic rings. The van der Waals surface area contributed by atoms with E-state index in [0.29, 0.717) is 13.1 Å². The van der Waals surface area contributed by atoms with Gasteiger partial charge in [0.25, 0.3) is 0 Å². The van der Waals surface area contributed by atoms with Gasteiger partial charge in [-0.1, -0.05) is 6.08 Å². The Bertz CT molecular complexity index is 387. The molecule has 0 aromatic heterocycles. The number of carbonyl (C=O) groups excluding carboxylic acids is 1. The maximum atomic E-state index is 12.1. The Kier molecular flexibility index (Phi) is 3.87. The molecule has 2 aliphatic rings. The molecule has 0 spiro atoms. The monoisotopic (exact) mass is 268 g/mol. The Hall–Kier alpha value is -1.07. The van der Waals surface area contributed by atoms with Crippen LogP contribution in [0, 0.1) is 0 Å². The first-order valence-electron chi connectivity index (χ1n) is 6.83. The molecule has 5 nitrogen and oxygen atoms in total. The van der Waals surface area contributed by atoms with Crippen LogP contribution < -0.4 is 0 Å². The first-order valence-corrected chi connectivity index (χ1v) is 6.83. The summed E-state index contributed by atoms with van der Waals surface area (Å²) in [5.74, 6) is 0. The van der Waals surface area contributed by atoms with Crippen molar-refractivity contribution in [2.24, 2.45) is 0 Å². The van der Waals surface area contributed by atoms with Gasteiger partial charge < -0.3 is 14.7 Å². The Balaban J connectivity index is 2.07. The van der Waals surface area contributed by atoms with E-state index in [1.807, 2.05) is 27.8 Å². The van der Waals surface area contributed by atoms with Crippen LogP contribution in [0.2, 0.25) is 0 Å². The predicted molar refractivity (Wildman–Crippen MR) is 72.9 cm³/mol. The molecule has 1 N–H and O–H groups in total. The molecule has 1 saturated heterocycles. The van der Waals surface area contributed by atoms with Crippen LogP contribution in [-0.2, 0) is 4.74 Å². The number of rotatable bonds is 0. The van der Waals surface area contributed by atoms with Crippen LogP contribution in [0.4, 0.5) is 4.79 Å². The highest BCUT2D eigenvalue weighted by Crippen LogP contribution is 2.26. The van der Waals surface area contributed by atoms with Crippen LogP contribution in [0.5, 0.6) is 0 Å². The molecule has 19 heavy (non-hydrogen) atoms. The highest BCUT2D eigenvalue weighted by atomic mass is 16.6. The van der Waals surface area contributed by atoms with Gasteiger partial charge in [0.15, 0.2) is 0 Å². The third-order valence-corrected chi connectivity index (χ3v) is 3.54. The number of nitrogens with zero attached hydrogens (tertiary/aromatic N) is 2. The summed E-state index contributed by atoms with van der Waals surface area (Å²) in [5.41, 5.74) is 0.620. The van der Waals surface area contributed by atoms with Crippen LogP contribution in [-0.4, -0.2) is 65.4 Å². The minimum atomic E-state index is -0.544. The molecule has 2 rings (SSSR count). The average Bonchev–Trinajstić information content (AvgIpc) is 2.26. The van der Waals surface area contributed by atoms with Crippen molar-refractivity contribution >= 4 is 6.09 Å². The summed E-state index contributed by atoms with van der Waals surface area (Å²) >= 11 is 0. The first kappa shape index (κ1) is 14.3. The molecule has 2 atom stereocenters. The third-order valence-electron chi connectivity index (χ3n) is 3.54. The summed E-state index contributed by atoms with van der Waals surface area (Å²) in [5, 5.41) is 10.3. The van der Waals surface area contributed by atoms with Gasteiger partial charge in [0, 0.05) is 13.1 Å². The van der Waals surface area contributed by atoms with E-state index in [2.05, 4.69) is 11.0 Å². The highest BCUT2D eigenvalue weighted by Gasteiger charge is 2.38. The molecule has 1 amide bonds. The molecule has 0 bridgehead atoms. The number of hydrogen-bond donors (Lipinski definition) is 1. The maximum Gasteiger partial charge on any atom is 0.410 e. The maximum absolute atomic E-state index is 12.1. The van der Waals surface area contributed by atoms with E-state index >= 15 is 0 Å². The number of amides is 1. The molecule has 108 valence electrons. The predicted octanol–water partition coefficient (Wildman–Crippen LogP) is 1.23. The van der Waals surface area contributed by atoms with Crippen molar-refractivity contribution in [3.63, 3.8) is 0 Å². The lowest BCUT2D eigenvalue weighted by Crippen LogP contribution is -2.57. The average molecular weight is 268 g/mol. The fraction of sp³-hybridized carbons (Fsp3) is 0.786. The summed E-state index contributed by atoms with van der Waals surface area (Å²) in [7, 11) is 2.02. The molecular formula is C14H24N2O3. The SMILES string of the molecule is CN1CCC=C2CN(C(=O)OC(C)(C)C)CC(O)C21. The van der Waals surface area contributed by atoms with Crippen molar-refractivity contribution in [3.8, 4) is 0 Å².